The van der Waals surface area contributed by atoms with Crippen LogP contribution in [0, 0.1) is 0 Å². The van der Waals surface area contributed by atoms with Crippen LogP contribution < -0.4 is 0 Å². The van der Waals surface area contributed by atoms with Crippen molar-refractivity contribution in [1.82, 2.24) is 0 Å². The van der Waals surface area contributed by atoms with Gasteiger partial charge in [0.05, 0.1) is 13.1 Å². The summed E-state index contributed by atoms with van der Waals surface area (Å²) in [6.45, 7) is 8.54. The first kappa shape index (κ1) is 12.1. The van der Waals surface area contributed by atoms with Gasteiger partial charge >= 0.3 is 0 Å². The fourth-order valence-corrected chi connectivity index (χ4v) is 1.22. The molecule has 0 spiro atoms. The second-order valence-electron chi connectivity index (χ2n) is 3.27. The molecule has 16 heavy (non-hydrogen) atoms. The molecule has 0 amide bonds. The Labute approximate surface area is 96.8 Å². The number of rotatable bonds is 6. The lowest BCUT2D eigenvalue weighted by molar-refractivity contribution is 1.05. The van der Waals surface area contributed by atoms with E-state index in [9.17, 15) is 0 Å². The highest BCUT2D eigenvalue weighted by atomic mass is 14.7. The molecule has 1 aromatic carbocycles. The van der Waals surface area contributed by atoms with Crippen LogP contribution in [0.4, 0.5) is 0 Å². The predicted octanol–water partition coefficient (Wildman–Crippen LogP) is 3.20. The Morgan fingerprint density at radius 2 is 1.19 bits per heavy atom. The van der Waals surface area contributed by atoms with Crippen molar-refractivity contribution in [3.8, 4) is 0 Å². The van der Waals surface area contributed by atoms with Crippen molar-refractivity contribution in [2.45, 2.75) is 13.1 Å². The molecule has 0 N–H and O–H groups in total. The van der Waals surface area contributed by atoms with Crippen LogP contribution in [0.25, 0.3) is 0 Å². The van der Waals surface area contributed by atoms with Gasteiger partial charge in [-0.25, -0.2) is 0 Å². The van der Waals surface area contributed by atoms with E-state index in [0.717, 1.165) is 0 Å². The number of aliphatic imine (C=N–C) groups is 2. The van der Waals surface area contributed by atoms with Gasteiger partial charge in [-0.3, -0.25) is 9.98 Å². The molecule has 0 saturated carbocycles. The van der Waals surface area contributed by atoms with Crippen molar-refractivity contribution in [3.63, 3.8) is 0 Å². The first-order valence-corrected chi connectivity index (χ1v) is 5.16. The lowest BCUT2D eigenvalue weighted by atomic mass is 10.1. The molecule has 0 aliphatic heterocycles. The van der Waals surface area contributed by atoms with Gasteiger partial charge in [0, 0.05) is 12.4 Å². The molecule has 2 heteroatoms. The lowest BCUT2D eigenvalue weighted by Crippen LogP contribution is -1.85. The first-order valence-electron chi connectivity index (χ1n) is 5.16. The third-order valence-electron chi connectivity index (χ3n) is 1.99. The summed E-state index contributed by atoms with van der Waals surface area (Å²) in [6, 6.07) is 8.27. The van der Waals surface area contributed by atoms with Crippen LogP contribution in [-0.4, -0.2) is 12.4 Å². The van der Waals surface area contributed by atoms with Gasteiger partial charge in [0.2, 0.25) is 0 Å². The van der Waals surface area contributed by atoms with E-state index in [4.69, 9.17) is 0 Å². The largest absolute Gasteiger partial charge is 0.288 e. The van der Waals surface area contributed by atoms with E-state index in [1.54, 1.807) is 24.6 Å². The van der Waals surface area contributed by atoms with Crippen LogP contribution in [0.15, 0.2) is 59.6 Å². The molecule has 0 heterocycles. The maximum absolute atomic E-state index is 4.18. The molecule has 1 aromatic rings. The Kier molecular flexibility index (Phi) is 5.56. The van der Waals surface area contributed by atoms with Crippen LogP contribution in [0.5, 0.6) is 0 Å². The Hall–Kier alpha value is -1.96. The van der Waals surface area contributed by atoms with Gasteiger partial charge in [0.1, 0.15) is 0 Å². The van der Waals surface area contributed by atoms with Crippen LogP contribution in [-0.2, 0) is 13.1 Å². The van der Waals surface area contributed by atoms with Crippen LogP contribution in [0.1, 0.15) is 11.1 Å². The van der Waals surface area contributed by atoms with Gasteiger partial charge in [-0.05, 0) is 11.1 Å². The average Bonchev–Trinajstić information content (AvgIpc) is 2.32. The molecule has 0 radical (unpaired) electrons. The molecule has 82 valence electrons. The summed E-state index contributed by atoms with van der Waals surface area (Å²) in [4.78, 5) is 8.36. The smallest absolute Gasteiger partial charge is 0.0639 e. The third kappa shape index (κ3) is 4.51. The molecule has 0 aliphatic rings. The molecule has 0 unspecified atom stereocenters. The summed E-state index contributed by atoms with van der Waals surface area (Å²) in [7, 11) is 0. The molecule has 0 fully saturated rings. The number of hydrogen-bond acceptors (Lipinski definition) is 2. The van der Waals surface area contributed by atoms with Crippen molar-refractivity contribution in [1.29, 1.82) is 0 Å². The van der Waals surface area contributed by atoms with Crippen molar-refractivity contribution in [2.75, 3.05) is 0 Å². The Balaban J connectivity index is 2.53. The first-order chi connectivity index (χ1) is 7.86. The Morgan fingerprint density at radius 1 is 0.812 bits per heavy atom. The van der Waals surface area contributed by atoms with Crippen molar-refractivity contribution >= 4 is 12.4 Å². The van der Waals surface area contributed by atoms with E-state index in [2.05, 4.69) is 47.4 Å². The van der Waals surface area contributed by atoms with Crippen molar-refractivity contribution in [3.05, 3.63) is 60.7 Å². The minimum Gasteiger partial charge on any atom is -0.288 e. The van der Waals surface area contributed by atoms with Crippen LogP contribution in [0.2, 0.25) is 0 Å². The molecular formula is C14H16N2. The number of hydrogen-bond donors (Lipinski definition) is 0. The normalized spacial score (nSPS) is 11.0. The van der Waals surface area contributed by atoms with Crippen molar-refractivity contribution < 1.29 is 0 Å². The predicted molar refractivity (Wildman–Crippen MR) is 71.2 cm³/mol. The van der Waals surface area contributed by atoms with Gasteiger partial charge in [-0.2, -0.15) is 0 Å². The minimum absolute atomic E-state index is 0.697. The topological polar surface area (TPSA) is 24.7 Å². The van der Waals surface area contributed by atoms with Gasteiger partial charge in [0.25, 0.3) is 0 Å². The second kappa shape index (κ2) is 7.35. The molecule has 0 bridgehead atoms. The molecule has 1 rings (SSSR count). The summed E-state index contributed by atoms with van der Waals surface area (Å²) in [5.41, 5.74) is 2.38. The number of nitrogens with zero attached hydrogens (tertiary/aromatic N) is 2. The van der Waals surface area contributed by atoms with Crippen LogP contribution >= 0.6 is 0 Å². The fraction of sp³-hybridized carbons (Fsp3) is 0.143. The Morgan fingerprint density at radius 3 is 1.50 bits per heavy atom. The van der Waals surface area contributed by atoms with E-state index < -0.39 is 0 Å². The summed E-state index contributed by atoms with van der Waals surface area (Å²) in [5, 5.41) is 0. The summed E-state index contributed by atoms with van der Waals surface area (Å²) in [5.74, 6) is 0. The summed E-state index contributed by atoms with van der Waals surface area (Å²) < 4.78 is 0. The Bertz CT molecular complexity index is 347. The molecule has 0 aromatic heterocycles. The average molecular weight is 212 g/mol. The zero-order chi connectivity index (χ0) is 11.6. The van der Waals surface area contributed by atoms with Gasteiger partial charge in [-0.15, -0.1) is 0 Å². The second-order valence-corrected chi connectivity index (χ2v) is 3.27. The van der Waals surface area contributed by atoms with Crippen LogP contribution in [0.3, 0.4) is 0 Å². The molecule has 2 nitrogen and oxygen atoms in total. The van der Waals surface area contributed by atoms with Gasteiger partial charge < -0.3 is 0 Å². The minimum atomic E-state index is 0.697. The van der Waals surface area contributed by atoms with Gasteiger partial charge in [-0.1, -0.05) is 49.6 Å². The number of allylic oxidation sites excluding steroid dienone is 2. The number of benzene rings is 1. The highest BCUT2D eigenvalue weighted by Crippen LogP contribution is 2.06. The quantitative estimate of drug-likeness (QED) is 0.647. The zero-order valence-corrected chi connectivity index (χ0v) is 9.34. The van der Waals surface area contributed by atoms with Crippen molar-refractivity contribution in [2.24, 2.45) is 9.98 Å². The molecule has 0 atom stereocenters. The fourth-order valence-electron chi connectivity index (χ4n) is 1.22. The standard InChI is InChI=1S/C14H16N2/c1-3-9-15-11-13-5-7-14(8-6-13)12-16-10-4-2/h3-10H,1-2,11-12H2/b15-9+,16-10+. The highest BCUT2D eigenvalue weighted by Gasteiger charge is 1.92. The summed E-state index contributed by atoms with van der Waals surface area (Å²) in [6.07, 6.45) is 6.78. The lowest BCUT2D eigenvalue weighted by Gasteiger charge is -1.99. The van der Waals surface area contributed by atoms with E-state index in [1.165, 1.54) is 11.1 Å². The molecule has 0 aliphatic carbocycles. The van der Waals surface area contributed by atoms with Gasteiger partial charge in [0.15, 0.2) is 0 Å². The SMILES string of the molecule is C=C/C=N/Cc1ccc(C/N=C/C=C)cc1. The molecular weight excluding hydrogens is 196 g/mol. The zero-order valence-electron chi connectivity index (χ0n) is 9.34. The summed E-state index contributed by atoms with van der Waals surface area (Å²) >= 11 is 0. The molecule has 0 saturated heterocycles. The van der Waals surface area contributed by atoms with E-state index in [-0.39, 0.29) is 0 Å². The maximum atomic E-state index is 4.18. The van der Waals surface area contributed by atoms with E-state index in [0.29, 0.717) is 13.1 Å². The highest BCUT2D eigenvalue weighted by molar-refractivity contribution is 5.70. The maximum Gasteiger partial charge on any atom is 0.0639 e. The monoisotopic (exact) mass is 212 g/mol. The van der Waals surface area contributed by atoms with E-state index >= 15 is 0 Å². The third-order valence-corrected chi connectivity index (χ3v) is 1.99. The van der Waals surface area contributed by atoms with E-state index in [1.807, 2.05) is 0 Å².